The van der Waals surface area contributed by atoms with E-state index in [-0.39, 0.29) is 5.82 Å². The van der Waals surface area contributed by atoms with Gasteiger partial charge in [0.1, 0.15) is 11.6 Å². The summed E-state index contributed by atoms with van der Waals surface area (Å²) in [6, 6.07) is 5.42. The predicted octanol–water partition coefficient (Wildman–Crippen LogP) is 6.18. The summed E-state index contributed by atoms with van der Waals surface area (Å²) in [5, 5.41) is 0. The Kier molecular flexibility index (Phi) is 5.73. The van der Waals surface area contributed by atoms with E-state index in [0.717, 1.165) is 29.1 Å². The minimum absolute atomic E-state index is 0.159. The van der Waals surface area contributed by atoms with Crippen molar-refractivity contribution in [3.63, 3.8) is 0 Å². The van der Waals surface area contributed by atoms with Gasteiger partial charge in [-0.3, -0.25) is 0 Å². The lowest BCUT2D eigenvalue weighted by Crippen LogP contribution is -2.27. The van der Waals surface area contributed by atoms with E-state index in [1.807, 2.05) is 40.1 Å². The Labute approximate surface area is 168 Å². The molecule has 0 aromatic heterocycles. The molecule has 0 fully saturated rings. The lowest BCUT2D eigenvalue weighted by Gasteiger charge is -2.32. The van der Waals surface area contributed by atoms with Gasteiger partial charge in [0.05, 0.1) is 0 Å². The topological polar surface area (TPSA) is 6.48 Å². The van der Waals surface area contributed by atoms with E-state index in [4.69, 9.17) is 0 Å². The zero-order chi connectivity index (χ0) is 20.4. The molecule has 0 N–H and O–H groups in total. The summed E-state index contributed by atoms with van der Waals surface area (Å²) in [6.45, 7) is 10.3. The number of aryl methyl sites for hydroxylation is 1. The Bertz CT molecular complexity index is 941. The van der Waals surface area contributed by atoms with Gasteiger partial charge in [-0.15, -0.1) is 0 Å². The molecule has 1 atom stereocenters. The minimum atomic E-state index is -0.159. The third-order valence-electron chi connectivity index (χ3n) is 5.26. The van der Waals surface area contributed by atoms with Crippen LogP contribution in [0.25, 0.3) is 5.57 Å². The van der Waals surface area contributed by atoms with Crippen molar-refractivity contribution in [2.45, 2.75) is 27.2 Å². The summed E-state index contributed by atoms with van der Waals surface area (Å²) in [4.78, 5) is 4.19. The molecule has 1 heterocycles. The van der Waals surface area contributed by atoms with Crippen molar-refractivity contribution < 1.29 is 4.39 Å². The van der Waals surface area contributed by atoms with Gasteiger partial charge in [-0.05, 0) is 78.3 Å². The molecular formula is C25H29FN2. The Hall–Kier alpha value is -2.81. The van der Waals surface area contributed by atoms with Crippen LogP contribution in [-0.4, -0.2) is 23.9 Å². The number of hydrogen-bond acceptors (Lipinski definition) is 2. The standard InChI is InChI=1S/C25H29FN2/c1-7-25(27(5)6)28-16-21(10-9-19(28)4)22-12-8-17(2)14-23(22)20-11-13-24(26)18(3)15-20/h7-13,15-17H,4,14H2,1-3,5-6H3/b25-7-. The maximum Gasteiger partial charge on any atom is 0.126 e. The first-order chi connectivity index (χ1) is 13.3. The van der Waals surface area contributed by atoms with Crippen molar-refractivity contribution in [2.75, 3.05) is 14.1 Å². The highest BCUT2D eigenvalue weighted by atomic mass is 19.1. The molecule has 2 nitrogen and oxygen atoms in total. The van der Waals surface area contributed by atoms with Crippen molar-refractivity contribution >= 4 is 5.57 Å². The fourth-order valence-corrected chi connectivity index (χ4v) is 3.75. The molecule has 3 heteroatoms. The van der Waals surface area contributed by atoms with Crippen LogP contribution in [0.3, 0.4) is 0 Å². The molecule has 0 spiro atoms. The maximum atomic E-state index is 13.8. The molecule has 28 heavy (non-hydrogen) atoms. The summed E-state index contributed by atoms with van der Waals surface area (Å²) >= 11 is 0. The van der Waals surface area contributed by atoms with E-state index in [9.17, 15) is 4.39 Å². The van der Waals surface area contributed by atoms with Crippen LogP contribution in [0.2, 0.25) is 0 Å². The van der Waals surface area contributed by atoms with E-state index in [1.165, 1.54) is 11.1 Å². The van der Waals surface area contributed by atoms with Crippen LogP contribution in [-0.2, 0) is 0 Å². The van der Waals surface area contributed by atoms with Crippen molar-refractivity contribution in [2.24, 2.45) is 5.92 Å². The molecule has 0 amide bonds. The highest BCUT2D eigenvalue weighted by Crippen LogP contribution is 2.37. The molecule has 0 saturated heterocycles. The van der Waals surface area contributed by atoms with Crippen molar-refractivity contribution in [1.82, 2.24) is 9.80 Å². The van der Waals surface area contributed by atoms with Gasteiger partial charge in [0.25, 0.3) is 0 Å². The summed E-state index contributed by atoms with van der Waals surface area (Å²) in [7, 11) is 4.06. The highest BCUT2D eigenvalue weighted by molar-refractivity contribution is 5.78. The molecule has 0 saturated carbocycles. The SMILES string of the molecule is C=C1C=CC(C2=C(c3ccc(F)c(C)c3)CC(C)C=C2)=CN1/C(=C\C)N(C)C. The molecule has 1 unspecified atom stereocenters. The van der Waals surface area contributed by atoms with Crippen LogP contribution in [0.4, 0.5) is 4.39 Å². The van der Waals surface area contributed by atoms with Crippen LogP contribution in [0.1, 0.15) is 31.4 Å². The quantitative estimate of drug-likeness (QED) is 0.619. The smallest absolute Gasteiger partial charge is 0.126 e. The average molecular weight is 377 g/mol. The second kappa shape index (κ2) is 8.05. The van der Waals surface area contributed by atoms with E-state index < -0.39 is 0 Å². The summed E-state index contributed by atoms with van der Waals surface area (Å²) in [5.74, 6) is 1.37. The normalized spacial score (nSPS) is 20.0. The summed E-state index contributed by atoms with van der Waals surface area (Å²) < 4.78 is 13.8. The second-order valence-electron chi connectivity index (χ2n) is 7.72. The minimum Gasteiger partial charge on any atom is -0.364 e. The Morgan fingerprint density at radius 3 is 2.64 bits per heavy atom. The first kappa shape index (κ1) is 19.9. The Morgan fingerprint density at radius 2 is 2.00 bits per heavy atom. The third kappa shape index (κ3) is 3.89. The van der Waals surface area contributed by atoms with E-state index in [1.54, 1.807) is 6.07 Å². The molecule has 1 aromatic carbocycles. The van der Waals surface area contributed by atoms with E-state index >= 15 is 0 Å². The van der Waals surface area contributed by atoms with Gasteiger partial charge in [-0.1, -0.05) is 37.8 Å². The fourth-order valence-electron chi connectivity index (χ4n) is 3.75. The first-order valence-corrected chi connectivity index (χ1v) is 9.71. The molecular weight excluding hydrogens is 347 g/mol. The molecule has 1 aliphatic heterocycles. The number of halogens is 1. The van der Waals surface area contributed by atoms with Gasteiger partial charge in [-0.25, -0.2) is 4.39 Å². The molecule has 1 aromatic rings. The number of nitrogens with zero attached hydrogens (tertiary/aromatic N) is 2. The zero-order valence-electron chi connectivity index (χ0n) is 17.5. The van der Waals surface area contributed by atoms with Crippen LogP contribution in [0.15, 0.2) is 84.0 Å². The van der Waals surface area contributed by atoms with Crippen LogP contribution in [0.5, 0.6) is 0 Å². The first-order valence-electron chi connectivity index (χ1n) is 9.71. The third-order valence-corrected chi connectivity index (χ3v) is 5.26. The van der Waals surface area contributed by atoms with E-state index in [2.05, 4.69) is 59.9 Å². The average Bonchev–Trinajstić information content (AvgIpc) is 2.66. The number of allylic oxidation sites excluding steroid dienone is 8. The number of rotatable bonds is 4. The fraction of sp³-hybridized carbons (Fsp3) is 0.280. The van der Waals surface area contributed by atoms with Crippen molar-refractivity contribution in [3.05, 3.63) is 101 Å². The Morgan fingerprint density at radius 1 is 1.25 bits per heavy atom. The van der Waals surface area contributed by atoms with Crippen molar-refractivity contribution in [1.29, 1.82) is 0 Å². The second-order valence-corrected chi connectivity index (χ2v) is 7.72. The Balaban J connectivity index is 2.12. The van der Waals surface area contributed by atoms with Gasteiger partial charge in [0, 0.05) is 26.0 Å². The predicted molar refractivity (Wildman–Crippen MR) is 117 cm³/mol. The van der Waals surface area contributed by atoms with Crippen molar-refractivity contribution in [3.8, 4) is 0 Å². The number of hydrogen-bond donors (Lipinski definition) is 0. The van der Waals surface area contributed by atoms with Crippen LogP contribution < -0.4 is 0 Å². The van der Waals surface area contributed by atoms with Gasteiger partial charge < -0.3 is 9.80 Å². The summed E-state index contributed by atoms with van der Waals surface area (Å²) in [6.07, 6.45) is 13.8. The lowest BCUT2D eigenvalue weighted by atomic mass is 9.83. The monoisotopic (exact) mass is 376 g/mol. The van der Waals surface area contributed by atoms with Gasteiger partial charge >= 0.3 is 0 Å². The number of benzene rings is 1. The highest BCUT2D eigenvalue weighted by Gasteiger charge is 2.21. The van der Waals surface area contributed by atoms with Crippen LogP contribution >= 0.6 is 0 Å². The summed E-state index contributed by atoms with van der Waals surface area (Å²) in [5.41, 5.74) is 6.28. The zero-order valence-corrected chi connectivity index (χ0v) is 17.5. The molecule has 2 aliphatic rings. The van der Waals surface area contributed by atoms with E-state index in [0.29, 0.717) is 11.5 Å². The molecule has 0 radical (unpaired) electrons. The largest absolute Gasteiger partial charge is 0.364 e. The van der Waals surface area contributed by atoms with Gasteiger partial charge in [-0.2, -0.15) is 0 Å². The maximum absolute atomic E-state index is 13.8. The van der Waals surface area contributed by atoms with Gasteiger partial charge in [0.15, 0.2) is 0 Å². The molecule has 3 rings (SSSR count). The lowest BCUT2D eigenvalue weighted by molar-refractivity contribution is 0.375. The van der Waals surface area contributed by atoms with Crippen LogP contribution in [0, 0.1) is 18.7 Å². The molecule has 1 aliphatic carbocycles. The molecule has 0 bridgehead atoms. The van der Waals surface area contributed by atoms with Gasteiger partial charge in [0.2, 0.25) is 0 Å². The molecule has 146 valence electrons.